The van der Waals surface area contributed by atoms with Gasteiger partial charge in [-0.25, -0.2) is 0 Å². The number of carbonyl (C=O) groups is 1. The van der Waals surface area contributed by atoms with E-state index >= 15 is 0 Å². The van der Waals surface area contributed by atoms with E-state index in [1.165, 1.54) is 12.8 Å². The second-order valence-corrected chi connectivity index (χ2v) is 7.56. The Bertz CT molecular complexity index is 561. The highest BCUT2D eigenvalue weighted by molar-refractivity contribution is 5.87. The van der Waals surface area contributed by atoms with Crippen LogP contribution in [-0.4, -0.2) is 5.78 Å². The third kappa shape index (κ3) is 1.52. The Balaban J connectivity index is 1.77. The third-order valence-corrected chi connectivity index (χ3v) is 6.70. The van der Waals surface area contributed by atoms with Gasteiger partial charge in [0.25, 0.3) is 0 Å². The topological polar surface area (TPSA) is 17.1 Å². The largest absolute Gasteiger partial charge is 0.299 e. The van der Waals surface area contributed by atoms with Crippen molar-refractivity contribution in [3.05, 3.63) is 35.4 Å². The van der Waals surface area contributed by atoms with E-state index in [2.05, 4.69) is 38.1 Å². The fourth-order valence-corrected chi connectivity index (χ4v) is 5.61. The van der Waals surface area contributed by atoms with Crippen molar-refractivity contribution in [2.24, 2.45) is 17.3 Å². The number of ketones is 1. The Morgan fingerprint density at radius 3 is 2.70 bits per heavy atom. The van der Waals surface area contributed by atoms with Gasteiger partial charge in [0.05, 0.1) is 0 Å². The Morgan fingerprint density at radius 2 is 1.90 bits per heavy atom. The van der Waals surface area contributed by atoms with Gasteiger partial charge in [0, 0.05) is 11.8 Å². The van der Waals surface area contributed by atoms with E-state index < -0.39 is 0 Å². The molecule has 1 nitrogen and oxygen atoms in total. The highest BCUT2D eigenvalue weighted by Gasteiger charge is 2.55. The molecule has 4 rings (SSSR count). The molecule has 0 radical (unpaired) electrons. The maximum atomic E-state index is 12.3. The van der Waals surface area contributed by atoms with Crippen LogP contribution in [0.1, 0.15) is 68.9 Å². The first kappa shape index (κ1) is 12.6. The van der Waals surface area contributed by atoms with Crippen molar-refractivity contribution in [1.82, 2.24) is 0 Å². The minimum atomic E-state index is 0.00711. The highest BCUT2D eigenvalue weighted by atomic mass is 16.1. The van der Waals surface area contributed by atoms with E-state index in [9.17, 15) is 4.79 Å². The summed E-state index contributed by atoms with van der Waals surface area (Å²) in [5.41, 5.74) is 3.17. The van der Waals surface area contributed by atoms with Gasteiger partial charge in [0.1, 0.15) is 5.78 Å². The molecular formula is C19H24O. The molecule has 0 amide bonds. The summed E-state index contributed by atoms with van der Waals surface area (Å²) in [7, 11) is 0. The molecule has 2 saturated carbocycles. The van der Waals surface area contributed by atoms with E-state index in [0.717, 1.165) is 25.2 Å². The van der Waals surface area contributed by atoms with Gasteiger partial charge in [-0.1, -0.05) is 38.1 Å². The average molecular weight is 268 g/mol. The van der Waals surface area contributed by atoms with Crippen molar-refractivity contribution in [3.8, 4) is 0 Å². The van der Waals surface area contributed by atoms with Crippen LogP contribution in [0.4, 0.5) is 0 Å². The van der Waals surface area contributed by atoms with Gasteiger partial charge in [-0.2, -0.15) is 0 Å². The SMILES string of the molecule is C[C@@H]1C[C@@H]2[C@H](CC[C@]3(C)C(=O)CC[C@@H]23)c2ccccc21. The molecule has 1 aromatic carbocycles. The zero-order valence-electron chi connectivity index (χ0n) is 12.6. The summed E-state index contributed by atoms with van der Waals surface area (Å²) in [5, 5.41) is 0. The Hall–Kier alpha value is -1.11. The summed E-state index contributed by atoms with van der Waals surface area (Å²) in [6.07, 6.45) is 5.59. The van der Waals surface area contributed by atoms with Crippen molar-refractivity contribution in [2.75, 3.05) is 0 Å². The molecule has 1 aromatic rings. The molecule has 0 spiro atoms. The predicted octanol–water partition coefficient (Wildman–Crippen LogP) is 4.67. The van der Waals surface area contributed by atoms with Crippen LogP contribution < -0.4 is 0 Å². The van der Waals surface area contributed by atoms with Crippen LogP contribution in [0.15, 0.2) is 24.3 Å². The van der Waals surface area contributed by atoms with Crippen LogP contribution >= 0.6 is 0 Å². The lowest BCUT2D eigenvalue weighted by atomic mass is 9.54. The van der Waals surface area contributed by atoms with E-state index in [-0.39, 0.29) is 5.41 Å². The molecule has 0 heterocycles. The van der Waals surface area contributed by atoms with E-state index in [1.807, 2.05) is 0 Å². The minimum absolute atomic E-state index is 0.00711. The van der Waals surface area contributed by atoms with Crippen LogP contribution in [-0.2, 0) is 4.79 Å². The molecule has 20 heavy (non-hydrogen) atoms. The number of rotatable bonds is 0. The van der Waals surface area contributed by atoms with E-state index in [1.54, 1.807) is 11.1 Å². The number of fused-ring (bicyclic) bond motifs is 5. The lowest BCUT2D eigenvalue weighted by molar-refractivity contribution is -0.129. The lowest BCUT2D eigenvalue weighted by Crippen LogP contribution is -2.42. The molecular weight excluding hydrogens is 244 g/mol. The maximum absolute atomic E-state index is 12.3. The minimum Gasteiger partial charge on any atom is -0.299 e. The number of carbonyl (C=O) groups excluding carboxylic acids is 1. The second kappa shape index (κ2) is 4.19. The molecule has 3 aliphatic carbocycles. The van der Waals surface area contributed by atoms with Crippen molar-refractivity contribution >= 4 is 5.78 Å². The van der Waals surface area contributed by atoms with Crippen LogP contribution in [0, 0.1) is 17.3 Å². The summed E-state index contributed by atoms with van der Waals surface area (Å²) in [5.74, 6) is 3.30. The second-order valence-electron chi connectivity index (χ2n) is 7.56. The predicted molar refractivity (Wildman–Crippen MR) is 80.8 cm³/mol. The molecule has 1 heteroatoms. The summed E-state index contributed by atoms with van der Waals surface area (Å²) in [6.45, 7) is 4.63. The molecule has 0 saturated heterocycles. The number of Topliss-reactive ketones (excluding diaryl/α,β-unsaturated/α-hetero) is 1. The molecule has 0 aliphatic heterocycles. The molecule has 5 atom stereocenters. The van der Waals surface area contributed by atoms with Crippen LogP contribution in [0.2, 0.25) is 0 Å². The molecule has 0 N–H and O–H groups in total. The molecule has 0 bridgehead atoms. The summed E-state index contributed by atoms with van der Waals surface area (Å²) >= 11 is 0. The molecule has 3 aliphatic rings. The average Bonchev–Trinajstić information content (AvgIpc) is 2.76. The standard InChI is InChI=1S/C19H24O/c1-12-11-16-15(14-6-4-3-5-13(12)14)9-10-19(2)17(16)7-8-18(19)20/h3-6,12,15-17H,7-11H2,1-2H3/t12-,15-,16-,17+,19+/m1/s1. The van der Waals surface area contributed by atoms with Crippen molar-refractivity contribution in [3.63, 3.8) is 0 Å². The van der Waals surface area contributed by atoms with E-state index in [0.29, 0.717) is 23.5 Å². The zero-order chi connectivity index (χ0) is 13.9. The van der Waals surface area contributed by atoms with Crippen molar-refractivity contribution < 1.29 is 4.79 Å². The number of benzene rings is 1. The molecule has 2 fully saturated rings. The monoisotopic (exact) mass is 268 g/mol. The summed E-state index contributed by atoms with van der Waals surface area (Å²) in [4.78, 5) is 12.3. The van der Waals surface area contributed by atoms with Gasteiger partial charge in [0.2, 0.25) is 0 Å². The van der Waals surface area contributed by atoms with Crippen molar-refractivity contribution in [1.29, 1.82) is 0 Å². The first-order chi connectivity index (χ1) is 9.61. The highest BCUT2D eigenvalue weighted by Crippen LogP contribution is 2.60. The normalized spacial score (nSPS) is 42.8. The Morgan fingerprint density at radius 1 is 1.15 bits per heavy atom. The lowest BCUT2D eigenvalue weighted by Gasteiger charge is -2.49. The van der Waals surface area contributed by atoms with Gasteiger partial charge in [-0.15, -0.1) is 0 Å². The quantitative estimate of drug-likeness (QED) is 0.668. The smallest absolute Gasteiger partial charge is 0.139 e. The number of hydrogen-bond acceptors (Lipinski definition) is 1. The Labute approximate surface area is 121 Å². The maximum Gasteiger partial charge on any atom is 0.139 e. The Kier molecular flexibility index (Phi) is 2.64. The molecule has 106 valence electrons. The van der Waals surface area contributed by atoms with Crippen molar-refractivity contribution in [2.45, 2.75) is 57.8 Å². The van der Waals surface area contributed by atoms with Gasteiger partial charge < -0.3 is 0 Å². The fraction of sp³-hybridized carbons (Fsp3) is 0.632. The first-order valence-electron chi connectivity index (χ1n) is 8.23. The van der Waals surface area contributed by atoms with Crippen LogP contribution in [0.25, 0.3) is 0 Å². The zero-order valence-corrected chi connectivity index (χ0v) is 12.6. The van der Waals surface area contributed by atoms with Crippen LogP contribution in [0.5, 0.6) is 0 Å². The van der Waals surface area contributed by atoms with Crippen LogP contribution in [0.3, 0.4) is 0 Å². The first-order valence-corrected chi connectivity index (χ1v) is 8.23. The van der Waals surface area contributed by atoms with Gasteiger partial charge in [-0.05, 0) is 60.5 Å². The van der Waals surface area contributed by atoms with Gasteiger partial charge >= 0.3 is 0 Å². The van der Waals surface area contributed by atoms with Gasteiger partial charge in [0.15, 0.2) is 0 Å². The molecule has 0 aromatic heterocycles. The third-order valence-electron chi connectivity index (χ3n) is 6.70. The summed E-state index contributed by atoms with van der Waals surface area (Å²) < 4.78 is 0. The molecule has 0 unspecified atom stereocenters. The fourth-order valence-electron chi connectivity index (χ4n) is 5.61. The number of hydrogen-bond donors (Lipinski definition) is 0. The summed E-state index contributed by atoms with van der Waals surface area (Å²) in [6, 6.07) is 9.05. The van der Waals surface area contributed by atoms with E-state index in [4.69, 9.17) is 0 Å². The van der Waals surface area contributed by atoms with Gasteiger partial charge in [-0.3, -0.25) is 4.79 Å².